The number of amides is 1. The van der Waals surface area contributed by atoms with Crippen LogP contribution in [-0.2, 0) is 14.9 Å². The fourth-order valence-corrected chi connectivity index (χ4v) is 2.98. The normalized spacial score (nSPS) is 11.2. The molecule has 0 aliphatic carbocycles. The molecule has 0 atom stereocenters. The summed E-state index contributed by atoms with van der Waals surface area (Å²) < 4.78 is 40.1. The van der Waals surface area contributed by atoms with Crippen molar-refractivity contribution in [3.05, 3.63) is 54.1 Å². The van der Waals surface area contributed by atoms with Gasteiger partial charge >= 0.3 is 16.2 Å². The predicted octanol–water partition coefficient (Wildman–Crippen LogP) is 2.93. The quantitative estimate of drug-likeness (QED) is 0.421. The Morgan fingerprint density at radius 1 is 1.07 bits per heavy atom. The average Bonchev–Trinajstić information content (AvgIpc) is 2.65. The van der Waals surface area contributed by atoms with Gasteiger partial charge in [-0.25, -0.2) is 10.2 Å². The predicted molar refractivity (Wildman–Crippen MR) is 99.6 cm³/mol. The highest BCUT2D eigenvalue weighted by Crippen LogP contribution is 2.30. The van der Waals surface area contributed by atoms with E-state index in [1.54, 1.807) is 44.2 Å². The number of nitrogens with zero attached hydrogens (tertiary/aromatic N) is 1. The maximum Gasteiger partial charge on any atom is 0.427 e. The van der Waals surface area contributed by atoms with Crippen LogP contribution in [0.2, 0.25) is 0 Å². The van der Waals surface area contributed by atoms with E-state index in [9.17, 15) is 13.2 Å². The molecule has 2 rings (SSSR count). The number of carbonyl (C=O) groups excluding carboxylic acids is 1. The second-order valence-corrected chi connectivity index (χ2v) is 6.63. The number of carbonyl (C=O) groups is 1. The number of hydrogen-bond acceptors (Lipinski definition) is 7. The van der Waals surface area contributed by atoms with E-state index in [1.807, 2.05) is 0 Å². The Morgan fingerprint density at radius 2 is 1.81 bits per heavy atom. The van der Waals surface area contributed by atoms with Crippen molar-refractivity contribution in [2.45, 2.75) is 18.7 Å². The van der Waals surface area contributed by atoms with Gasteiger partial charge in [0.15, 0.2) is 11.5 Å². The summed E-state index contributed by atoms with van der Waals surface area (Å²) in [4.78, 5) is 11.2. The first-order valence-electron chi connectivity index (χ1n) is 8.18. The number of nitrogens with one attached hydrogen (secondary N) is 1. The SMILES string of the molecule is CCOC(=O)N/N=C\c1ccc(OS(=O)(=O)c2ccccc2)c(OCC)c1. The van der Waals surface area contributed by atoms with E-state index < -0.39 is 16.2 Å². The average molecular weight is 392 g/mol. The van der Waals surface area contributed by atoms with Gasteiger partial charge in [-0.1, -0.05) is 18.2 Å². The van der Waals surface area contributed by atoms with E-state index >= 15 is 0 Å². The Morgan fingerprint density at radius 3 is 2.48 bits per heavy atom. The van der Waals surface area contributed by atoms with Crippen molar-refractivity contribution in [3.63, 3.8) is 0 Å². The van der Waals surface area contributed by atoms with Gasteiger partial charge in [0.05, 0.1) is 19.4 Å². The Labute approximate surface area is 157 Å². The van der Waals surface area contributed by atoms with Gasteiger partial charge in [0.25, 0.3) is 0 Å². The molecule has 9 heteroatoms. The van der Waals surface area contributed by atoms with E-state index in [0.29, 0.717) is 12.2 Å². The maximum atomic E-state index is 12.4. The first-order chi connectivity index (χ1) is 13.0. The van der Waals surface area contributed by atoms with Crippen molar-refractivity contribution in [1.82, 2.24) is 5.43 Å². The molecule has 0 unspecified atom stereocenters. The number of hydrogen-bond donors (Lipinski definition) is 1. The first kappa shape index (κ1) is 20.2. The minimum atomic E-state index is -3.99. The molecule has 0 bridgehead atoms. The summed E-state index contributed by atoms with van der Waals surface area (Å²) in [5, 5.41) is 3.75. The summed E-state index contributed by atoms with van der Waals surface area (Å²) in [6.07, 6.45) is 0.697. The van der Waals surface area contributed by atoms with Crippen molar-refractivity contribution < 1.29 is 26.9 Å². The highest BCUT2D eigenvalue weighted by molar-refractivity contribution is 7.87. The molecular weight excluding hydrogens is 372 g/mol. The molecule has 0 aliphatic heterocycles. The fourth-order valence-electron chi connectivity index (χ4n) is 2.02. The molecule has 0 fully saturated rings. The molecule has 8 nitrogen and oxygen atoms in total. The van der Waals surface area contributed by atoms with Crippen LogP contribution < -0.4 is 14.3 Å². The Balaban J connectivity index is 2.20. The lowest BCUT2D eigenvalue weighted by Crippen LogP contribution is -2.18. The topological polar surface area (TPSA) is 103 Å². The van der Waals surface area contributed by atoms with Crippen molar-refractivity contribution in [3.8, 4) is 11.5 Å². The minimum Gasteiger partial charge on any atom is -0.490 e. The zero-order valence-corrected chi connectivity index (χ0v) is 15.7. The standard InChI is InChI=1S/C18H20N2O6S/c1-3-24-17-12-14(13-19-20-18(21)25-4-2)10-11-16(17)26-27(22,23)15-8-6-5-7-9-15/h5-13H,3-4H2,1-2H3,(H,20,21)/b19-13-. The zero-order valence-electron chi connectivity index (χ0n) is 14.9. The largest absolute Gasteiger partial charge is 0.490 e. The van der Waals surface area contributed by atoms with E-state index in [1.165, 1.54) is 24.4 Å². The summed E-state index contributed by atoms with van der Waals surface area (Å²) in [5.74, 6) is 0.285. The van der Waals surface area contributed by atoms with Crippen molar-refractivity contribution in [2.24, 2.45) is 5.10 Å². The van der Waals surface area contributed by atoms with Gasteiger partial charge < -0.3 is 13.7 Å². The van der Waals surface area contributed by atoms with Gasteiger partial charge in [0.2, 0.25) is 0 Å². The maximum absolute atomic E-state index is 12.4. The van der Waals surface area contributed by atoms with Gasteiger partial charge in [-0.2, -0.15) is 13.5 Å². The fraction of sp³-hybridized carbons (Fsp3) is 0.222. The molecule has 2 aromatic carbocycles. The van der Waals surface area contributed by atoms with Crippen LogP contribution in [-0.4, -0.2) is 33.9 Å². The minimum absolute atomic E-state index is 0.0386. The van der Waals surface area contributed by atoms with Crippen molar-refractivity contribution >= 4 is 22.4 Å². The molecule has 144 valence electrons. The van der Waals surface area contributed by atoms with Crippen LogP contribution in [0.5, 0.6) is 11.5 Å². The van der Waals surface area contributed by atoms with Crippen LogP contribution in [0.25, 0.3) is 0 Å². The molecule has 0 saturated carbocycles. The first-order valence-corrected chi connectivity index (χ1v) is 9.59. The Hall–Kier alpha value is -3.07. The monoisotopic (exact) mass is 392 g/mol. The van der Waals surface area contributed by atoms with Crippen LogP contribution in [0.3, 0.4) is 0 Å². The van der Waals surface area contributed by atoms with Crippen LogP contribution >= 0.6 is 0 Å². The number of rotatable bonds is 8. The smallest absolute Gasteiger partial charge is 0.427 e. The molecule has 2 aromatic rings. The number of ether oxygens (including phenoxy) is 2. The van der Waals surface area contributed by atoms with Crippen LogP contribution in [0.15, 0.2) is 58.5 Å². The van der Waals surface area contributed by atoms with Gasteiger partial charge in [0, 0.05) is 0 Å². The lowest BCUT2D eigenvalue weighted by Gasteiger charge is -2.12. The molecule has 0 heterocycles. The van der Waals surface area contributed by atoms with Gasteiger partial charge in [-0.05, 0) is 49.7 Å². The third kappa shape index (κ3) is 6.00. The molecule has 0 spiro atoms. The second-order valence-electron chi connectivity index (χ2n) is 5.08. The highest BCUT2D eigenvalue weighted by atomic mass is 32.2. The highest BCUT2D eigenvalue weighted by Gasteiger charge is 2.19. The lowest BCUT2D eigenvalue weighted by atomic mass is 10.2. The zero-order chi connectivity index (χ0) is 19.7. The van der Waals surface area contributed by atoms with Gasteiger partial charge in [-0.3, -0.25) is 0 Å². The van der Waals surface area contributed by atoms with Crippen molar-refractivity contribution in [2.75, 3.05) is 13.2 Å². The molecule has 0 radical (unpaired) electrons. The summed E-state index contributed by atoms with van der Waals surface area (Å²) >= 11 is 0. The summed E-state index contributed by atoms with van der Waals surface area (Å²) in [7, 11) is -3.99. The van der Waals surface area contributed by atoms with Crippen LogP contribution in [0.1, 0.15) is 19.4 Å². The third-order valence-corrected chi connectivity index (χ3v) is 4.39. The van der Waals surface area contributed by atoms with E-state index in [2.05, 4.69) is 15.3 Å². The molecule has 27 heavy (non-hydrogen) atoms. The molecule has 1 amide bonds. The molecular formula is C18H20N2O6S. The van der Waals surface area contributed by atoms with E-state index in [-0.39, 0.29) is 23.0 Å². The van der Waals surface area contributed by atoms with E-state index in [0.717, 1.165) is 0 Å². The molecule has 0 aliphatic rings. The number of hydrazone groups is 1. The van der Waals surface area contributed by atoms with E-state index in [4.69, 9.17) is 8.92 Å². The van der Waals surface area contributed by atoms with Gasteiger partial charge in [-0.15, -0.1) is 0 Å². The summed E-state index contributed by atoms with van der Waals surface area (Å²) in [6, 6.07) is 12.4. The van der Waals surface area contributed by atoms with Gasteiger partial charge in [0.1, 0.15) is 4.90 Å². The molecule has 1 N–H and O–H groups in total. The lowest BCUT2D eigenvalue weighted by molar-refractivity contribution is 0.152. The molecule has 0 aromatic heterocycles. The van der Waals surface area contributed by atoms with Crippen LogP contribution in [0, 0.1) is 0 Å². The Bertz CT molecular complexity index is 897. The molecule has 0 saturated heterocycles. The van der Waals surface area contributed by atoms with Crippen LogP contribution in [0.4, 0.5) is 4.79 Å². The van der Waals surface area contributed by atoms with Crippen molar-refractivity contribution in [1.29, 1.82) is 0 Å². The second kappa shape index (κ2) is 9.58. The number of benzene rings is 2. The summed E-state index contributed by atoms with van der Waals surface area (Å²) in [6.45, 7) is 3.99. The third-order valence-electron chi connectivity index (χ3n) is 3.14. The summed E-state index contributed by atoms with van der Waals surface area (Å²) in [5.41, 5.74) is 2.77. The Kier molecular flexibility index (Phi) is 7.18.